The number of Topliss-reactive ketones (excluding diaryl/α,β-unsaturated/α-hetero) is 1. The highest BCUT2D eigenvalue weighted by Gasteiger charge is 2.49. The highest BCUT2D eigenvalue weighted by molar-refractivity contribution is 7.22. The Labute approximate surface area is 258 Å². The normalized spacial score (nSPS) is 16.3. The van der Waals surface area contributed by atoms with Crippen LogP contribution in [0.3, 0.4) is 0 Å². The number of aliphatic hydroxyl groups excluding tert-OH is 1. The molecule has 0 spiro atoms. The second-order valence-electron chi connectivity index (χ2n) is 10.8. The van der Waals surface area contributed by atoms with E-state index in [1.165, 1.54) is 16.2 Å². The third-order valence-corrected chi connectivity index (χ3v) is 8.72. The highest BCUT2D eigenvalue weighted by atomic mass is 32.1. The summed E-state index contributed by atoms with van der Waals surface area (Å²) in [5.41, 5.74) is 5.69. The van der Waals surface area contributed by atoms with Gasteiger partial charge in [0.1, 0.15) is 17.9 Å². The van der Waals surface area contributed by atoms with Crippen LogP contribution in [0.4, 0.5) is 5.13 Å². The van der Waals surface area contributed by atoms with E-state index in [9.17, 15) is 14.7 Å². The number of carbonyl (C=O) groups excluding carboxylic acids is 2. The summed E-state index contributed by atoms with van der Waals surface area (Å²) in [6.07, 6.45) is 3.48. The van der Waals surface area contributed by atoms with Gasteiger partial charge in [0.05, 0.1) is 34.1 Å². The van der Waals surface area contributed by atoms with Crippen LogP contribution in [0.1, 0.15) is 46.6 Å². The van der Waals surface area contributed by atoms with Gasteiger partial charge in [0.2, 0.25) is 0 Å². The lowest BCUT2D eigenvalue weighted by Crippen LogP contribution is -2.29. The number of carbonyl (C=O) groups is 2. The Morgan fingerprint density at radius 3 is 2.57 bits per heavy atom. The lowest BCUT2D eigenvalue weighted by atomic mass is 9.96. The number of ketones is 1. The zero-order chi connectivity index (χ0) is 31.3. The van der Waals surface area contributed by atoms with Crippen LogP contribution in [0.2, 0.25) is 0 Å². The SMILES string of the molecule is C=CCOc1ccc(C2C(=C(O)c3nc4c(C)cccn4c3C)C(=O)C(=O)N2c2nc3c(C)cc(C)cc3s2)cc1OCC. The van der Waals surface area contributed by atoms with Gasteiger partial charge < -0.3 is 19.0 Å². The van der Waals surface area contributed by atoms with E-state index in [4.69, 9.17) is 19.4 Å². The smallest absolute Gasteiger partial charge is 0.301 e. The molecule has 1 saturated heterocycles. The van der Waals surface area contributed by atoms with E-state index < -0.39 is 17.7 Å². The van der Waals surface area contributed by atoms with Crippen LogP contribution in [0.25, 0.3) is 21.6 Å². The fourth-order valence-electron chi connectivity index (χ4n) is 5.71. The zero-order valence-electron chi connectivity index (χ0n) is 25.2. The first-order chi connectivity index (χ1) is 21.1. The number of fused-ring (bicyclic) bond motifs is 2. The molecule has 3 aromatic heterocycles. The van der Waals surface area contributed by atoms with Gasteiger partial charge in [-0.2, -0.15) is 0 Å². The number of ether oxygens (including phenoxy) is 2. The molecule has 1 atom stereocenters. The molecule has 2 aromatic carbocycles. The first-order valence-electron chi connectivity index (χ1n) is 14.3. The second-order valence-corrected chi connectivity index (χ2v) is 11.8. The maximum Gasteiger partial charge on any atom is 0.301 e. The summed E-state index contributed by atoms with van der Waals surface area (Å²) in [7, 11) is 0. The summed E-state index contributed by atoms with van der Waals surface area (Å²) in [5.74, 6) is -1.03. The molecule has 5 aromatic rings. The Balaban J connectivity index is 1.60. The topological polar surface area (TPSA) is 106 Å². The Morgan fingerprint density at radius 1 is 1.05 bits per heavy atom. The molecule has 0 radical (unpaired) electrons. The summed E-state index contributed by atoms with van der Waals surface area (Å²) in [4.78, 5) is 38.7. The average Bonchev–Trinajstić information content (AvgIpc) is 3.65. The third kappa shape index (κ3) is 4.71. The largest absolute Gasteiger partial charge is 0.505 e. The molecule has 0 aliphatic carbocycles. The van der Waals surface area contributed by atoms with Crippen LogP contribution < -0.4 is 14.4 Å². The molecule has 224 valence electrons. The van der Waals surface area contributed by atoms with Crippen molar-refractivity contribution in [2.24, 2.45) is 0 Å². The van der Waals surface area contributed by atoms with Gasteiger partial charge in [-0.1, -0.05) is 42.2 Å². The zero-order valence-corrected chi connectivity index (χ0v) is 26.0. The van der Waals surface area contributed by atoms with Crippen molar-refractivity contribution in [3.05, 3.63) is 101 Å². The number of aromatic nitrogens is 3. The van der Waals surface area contributed by atoms with Gasteiger partial charge in [-0.15, -0.1) is 0 Å². The number of aryl methyl sites for hydroxylation is 4. The number of aliphatic hydroxyl groups is 1. The molecule has 0 bridgehead atoms. The molecule has 9 nitrogen and oxygen atoms in total. The Hall–Kier alpha value is -4.96. The molecule has 1 aliphatic rings. The number of thiazole rings is 1. The molecule has 1 N–H and O–H groups in total. The van der Waals surface area contributed by atoms with Gasteiger partial charge in [0, 0.05) is 6.20 Å². The molecule has 10 heteroatoms. The first kappa shape index (κ1) is 29.1. The molecule has 1 unspecified atom stereocenters. The number of rotatable bonds is 8. The van der Waals surface area contributed by atoms with E-state index in [1.54, 1.807) is 24.3 Å². The van der Waals surface area contributed by atoms with Gasteiger partial charge in [-0.05, 0) is 81.1 Å². The van der Waals surface area contributed by atoms with Crippen LogP contribution in [0.5, 0.6) is 11.5 Å². The summed E-state index contributed by atoms with van der Waals surface area (Å²) in [6, 6.07) is 12.1. The number of anilines is 1. The maximum absolute atomic E-state index is 13.9. The molecule has 44 heavy (non-hydrogen) atoms. The van der Waals surface area contributed by atoms with Crippen molar-refractivity contribution in [3.63, 3.8) is 0 Å². The fourth-order valence-corrected chi connectivity index (χ4v) is 6.88. The van der Waals surface area contributed by atoms with Gasteiger partial charge in [0.15, 0.2) is 22.4 Å². The molecular formula is C34H32N4O5S. The van der Waals surface area contributed by atoms with Crippen LogP contribution in [0.15, 0.2) is 66.9 Å². The number of nitrogens with zero attached hydrogens (tertiary/aromatic N) is 4. The predicted octanol–water partition coefficient (Wildman–Crippen LogP) is 6.77. The standard InChI is InChI=1S/C34H32N4O5S/c1-7-14-43-23-12-11-22(17-24(23)42-8-2)29-26(30(39)28-21(6)37-13-9-10-19(4)32(37)35-28)31(40)33(41)38(29)34-36-27-20(5)15-18(3)16-25(27)44-34/h7,9-13,15-17,29,39H,1,8,14H2,2-6H3. The van der Waals surface area contributed by atoms with Crippen molar-refractivity contribution in [2.45, 2.75) is 40.7 Å². The van der Waals surface area contributed by atoms with Crippen molar-refractivity contribution < 1.29 is 24.2 Å². The highest BCUT2D eigenvalue weighted by Crippen LogP contribution is 2.46. The van der Waals surface area contributed by atoms with E-state index in [2.05, 4.69) is 6.58 Å². The first-order valence-corrected chi connectivity index (χ1v) is 15.1. The minimum atomic E-state index is -1.00. The van der Waals surface area contributed by atoms with Crippen molar-refractivity contribution >= 4 is 49.8 Å². The van der Waals surface area contributed by atoms with Crippen LogP contribution in [-0.4, -0.2) is 44.4 Å². The summed E-state index contributed by atoms with van der Waals surface area (Å²) in [5, 5.41) is 12.2. The quantitative estimate of drug-likeness (QED) is 0.0897. The van der Waals surface area contributed by atoms with Crippen molar-refractivity contribution in [1.82, 2.24) is 14.4 Å². The van der Waals surface area contributed by atoms with Crippen LogP contribution in [0, 0.1) is 27.7 Å². The van der Waals surface area contributed by atoms with E-state index in [0.29, 0.717) is 40.1 Å². The molecule has 1 amide bonds. The Bertz CT molecular complexity index is 2020. The van der Waals surface area contributed by atoms with E-state index in [1.807, 2.05) is 69.5 Å². The second kappa shape index (κ2) is 11.3. The third-order valence-electron chi connectivity index (χ3n) is 7.72. The predicted molar refractivity (Wildman–Crippen MR) is 172 cm³/mol. The van der Waals surface area contributed by atoms with E-state index >= 15 is 0 Å². The molecular weight excluding hydrogens is 576 g/mol. The summed E-state index contributed by atoms with van der Waals surface area (Å²) >= 11 is 1.33. The van der Waals surface area contributed by atoms with Crippen molar-refractivity contribution in [1.29, 1.82) is 0 Å². The number of hydrogen-bond acceptors (Lipinski definition) is 8. The van der Waals surface area contributed by atoms with Gasteiger partial charge in [-0.25, -0.2) is 9.97 Å². The fraction of sp³-hybridized carbons (Fsp3) is 0.235. The summed E-state index contributed by atoms with van der Waals surface area (Å²) < 4.78 is 14.5. The minimum Gasteiger partial charge on any atom is -0.505 e. The van der Waals surface area contributed by atoms with E-state index in [-0.39, 0.29) is 23.6 Å². The lowest BCUT2D eigenvalue weighted by Gasteiger charge is -2.24. The Morgan fingerprint density at radius 2 is 1.84 bits per heavy atom. The summed E-state index contributed by atoms with van der Waals surface area (Å²) in [6.45, 7) is 13.9. The monoisotopic (exact) mass is 608 g/mol. The molecule has 1 aliphatic heterocycles. The maximum atomic E-state index is 13.9. The number of hydrogen-bond donors (Lipinski definition) is 1. The van der Waals surface area contributed by atoms with Gasteiger partial charge in [0.25, 0.3) is 5.78 Å². The minimum absolute atomic E-state index is 0.0754. The molecule has 0 saturated carbocycles. The van der Waals surface area contributed by atoms with E-state index in [0.717, 1.165) is 26.9 Å². The van der Waals surface area contributed by atoms with Gasteiger partial charge >= 0.3 is 5.91 Å². The van der Waals surface area contributed by atoms with Crippen LogP contribution >= 0.6 is 11.3 Å². The van der Waals surface area contributed by atoms with Crippen molar-refractivity contribution in [2.75, 3.05) is 18.1 Å². The average molecular weight is 609 g/mol. The molecule has 4 heterocycles. The number of benzene rings is 2. The number of amides is 1. The van der Waals surface area contributed by atoms with Gasteiger partial charge in [-0.3, -0.25) is 14.5 Å². The number of imidazole rings is 1. The molecule has 6 rings (SSSR count). The number of pyridine rings is 1. The van der Waals surface area contributed by atoms with Crippen molar-refractivity contribution in [3.8, 4) is 11.5 Å². The Kier molecular flexibility index (Phi) is 7.46. The van der Waals surface area contributed by atoms with Crippen LogP contribution in [-0.2, 0) is 9.59 Å². The molecule has 1 fully saturated rings. The lowest BCUT2D eigenvalue weighted by molar-refractivity contribution is -0.132.